The lowest BCUT2D eigenvalue weighted by Gasteiger charge is -2.02. The topological polar surface area (TPSA) is 59.1 Å². The Hall–Kier alpha value is -0.820. The Balaban J connectivity index is 2.40. The van der Waals surface area contributed by atoms with Gasteiger partial charge in [0.2, 0.25) is 0 Å². The van der Waals surface area contributed by atoms with Crippen molar-refractivity contribution < 1.29 is 9.50 Å². The number of halogens is 2. The summed E-state index contributed by atoms with van der Waals surface area (Å²) in [6, 6.07) is 4.66. The van der Waals surface area contributed by atoms with Crippen molar-refractivity contribution in [2.24, 2.45) is 5.73 Å². The molecule has 3 N–H and O–H groups in total. The average molecular weight is 317 g/mol. The van der Waals surface area contributed by atoms with Gasteiger partial charge in [0, 0.05) is 22.0 Å². The number of nitrogens with two attached hydrogens (primary N) is 1. The molecular weight excluding hydrogens is 307 g/mol. The first kappa shape index (κ1) is 12.6. The van der Waals surface area contributed by atoms with E-state index in [2.05, 4.69) is 20.9 Å². The van der Waals surface area contributed by atoms with Crippen LogP contribution in [0.3, 0.4) is 0 Å². The molecule has 0 radical (unpaired) electrons. The van der Waals surface area contributed by atoms with Gasteiger partial charge in [-0.3, -0.25) is 0 Å². The Labute approximate surface area is 110 Å². The molecule has 2 rings (SSSR count). The molecule has 0 spiro atoms. The maximum absolute atomic E-state index is 13.6. The summed E-state index contributed by atoms with van der Waals surface area (Å²) in [7, 11) is 0. The van der Waals surface area contributed by atoms with Crippen molar-refractivity contribution >= 4 is 27.3 Å². The fraction of sp³-hybridized carbons (Fsp3) is 0.182. The normalized spacial score (nSPS) is 12.7. The van der Waals surface area contributed by atoms with Crippen LogP contribution < -0.4 is 5.73 Å². The van der Waals surface area contributed by atoms with Crippen molar-refractivity contribution in [1.29, 1.82) is 0 Å². The standard InChI is InChI=1S/C11H10BrFN2OS/c12-6-1-2-8(13)7(3-6)11-15-9(5-17-11)10(16)4-14/h1-3,5,10,16H,4,14H2. The molecule has 1 aromatic carbocycles. The Morgan fingerprint density at radius 1 is 1.53 bits per heavy atom. The van der Waals surface area contributed by atoms with Crippen LogP contribution in [0.2, 0.25) is 0 Å². The van der Waals surface area contributed by atoms with E-state index in [0.29, 0.717) is 16.3 Å². The van der Waals surface area contributed by atoms with Gasteiger partial charge >= 0.3 is 0 Å². The fourth-order valence-corrected chi connectivity index (χ4v) is 2.59. The van der Waals surface area contributed by atoms with Crippen LogP contribution in [0, 0.1) is 5.82 Å². The van der Waals surface area contributed by atoms with Crippen LogP contribution in [0.4, 0.5) is 4.39 Å². The zero-order chi connectivity index (χ0) is 12.4. The number of hydrogen-bond acceptors (Lipinski definition) is 4. The molecule has 0 saturated carbocycles. The van der Waals surface area contributed by atoms with Gasteiger partial charge in [-0.25, -0.2) is 9.37 Å². The van der Waals surface area contributed by atoms with Gasteiger partial charge in [0.15, 0.2) is 0 Å². The lowest BCUT2D eigenvalue weighted by Crippen LogP contribution is -2.11. The molecule has 0 saturated heterocycles. The van der Waals surface area contributed by atoms with E-state index in [9.17, 15) is 9.50 Å². The highest BCUT2D eigenvalue weighted by Gasteiger charge is 2.14. The summed E-state index contributed by atoms with van der Waals surface area (Å²) >= 11 is 4.57. The number of benzene rings is 1. The fourth-order valence-electron chi connectivity index (χ4n) is 1.35. The van der Waals surface area contributed by atoms with E-state index in [-0.39, 0.29) is 12.4 Å². The number of hydrogen-bond donors (Lipinski definition) is 2. The first-order valence-corrected chi connectivity index (χ1v) is 6.58. The molecular formula is C11H10BrFN2OS. The minimum Gasteiger partial charge on any atom is -0.385 e. The Morgan fingerprint density at radius 3 is 3.00 bits per heavy atom. The van der Waals surface area contributed by atoms with Crippen LogP contribution in [0.15, 0.2) is 28.1 Å². The number of nitrogens with zero attached hydrogens (tertiary/aromatic N) is 1. The molecule has 0 aliphatic rings. The van der Waals surface area contributed by atoms with Crippen molar-refractivity contribution in [3.63, 3.8) is 0 Å². The lowest BCUT2D eigenvalue weighted by molar-refractivity contribution is 0.182. The van der Waals surface area contributed by atoms with Crippen LogP contribution in [0.25, 0.3) is 10.6 Å². The van der Waals surface area contributed by atoms with E-state index in [4.69, 9.17) is 5.73 Å². The van der Waals surface area contributed by atoms with Gasteiger partial charge in [-0.1, -0.05) is 15.9 Å². The van der Waals surface area contributed by atoms with E-state index in [1.54, 1.807) is 17.5 Å². The molecule has 1 atom stereocenters. The highest BCUT2D eigenvalue weighted by atomic mass is 79.9. The molecule has 1 heterocycles. The molecule has 6 heteroatoms. The highest BCUT2D eigenvalue weighted by Crippen LogP contribution is 2.30. The monoisotopic (exact) mass is 316 g/mol. The lowest BCUT2D eigenvalue weighted by atomic mass is 10.2. The van der Waals surface area contributed by atoms with Crippen molar-refractivity contribution in [1.82, 2.24) is 4.98 Å². The summed E-state index contributed by atoms with van der Waals surface area (Å²) in [5, 5.41) is 11.8. The molecule has 1 aromatic heterocycles. The van der Waals surface area contributed by atoms with Crippen molar-refractivity contribution in [3.8, 4) is 10.6 Å². The smallest absolute Gasteiger partial charge is 0.133 e. The zero-order valence-electron chi connectivity index (χ0n) is 8.73. The molecule has 17 heavy (non-hydrogen) atoms. The van der Waals surface area contributed by atoms with Crippen LogP contribution >= 0.6 is 27.3 Å². The zero-order valence-corrected chi connectivity index (χ0v) is 11.1. The SMILES string of the molecule is NCC(O)c1csc(-c2cc(Br)ccc2F)n1. The summed E-state index contributed by atoms with van der Waals surface area (Å²) in [6.07, 6.45) is -0.796. The molecule has 0 fully saturated rings. The van der Waals surface area contributed by atoms with Crippen molar-refractivity contribution in [2.45, 2.75) is 6.10 Å². The van der Waals surface area contributed by atoms with E-state index >= 15 is 0 Å². The summed E-state index contributed by atoms with van der Waals surface area (Å²) < 4.78 is 14.4. The minimum absolute atomic E-state index is 0.101. The molecule has 90 valence electrons. The van der Waals surface area contributed by atoms with Gasteiger partial charge in [0.05, 0.1) is 5.69 Å². The first-order chi connectivity index (χ1) is 8.11. The number of thiazole rings is 1. The Kier molecular flexibility index (Phi) is 3.88. The summed E-state index contributed by atoms with van der Waals surface area (Å²) in [6.45, 7) is 0.101. The maximum Gasteiger partial charge on any atom is 0.133 e. The quantitative estimate of drug-likeness (QED) is 0.915. The van der Waals surface area contributed by atoms with E-state index in [1.165, 1.54) is 17.4 Å². The number of rotatable bonds is 3. The number of aliphatic hydroxyl groups excluding tert-OH is 1. The van der Waals surface area contributed by atoms with Gasteiger partial charge in [-0.2, -0.15) is 0 Å². The average Bonchev–Trinajstić information content (AvgIpc) is 2.80. The van der Waals surface area contributed by atoms with Gasteiger partial charge in [0.25, 0.3) is 0 Å². The molecule has 0 aliphatic carbocycles. The van der Waals surface area contributed by atoms with Crippen LogP contribution in [-0.4, -0.2) is 16.6 Å². The van der Waals surface area contributed by atoms with Crippen LogP contribution in [-0.2, 0) is 0 Å². The van der Waals surface area contributed by atoms with Gasteiger partial charge in [-0.15, -0.1) is 11.3 Å². The van der Waals surface area contributed by atoms with Crippen molar-refractivity contribution in [2.75, 3.05) is 6.54 Å². The maximum atomic E-state index is 13.6. The summed E-state index contributed by atoms with van der Waals surface area (Å²) in [5.74, 6) is -0.337. The summed E-state index contributed by atoms with van der Waals surface area (Å²) in [4.78, 5) is 4.18. The second-order valence-electron chi connectivity index (χ2n) is 3.45. The minimum atomic E-state index is -0.796. The molecule has 0 amide bonds. The first-order valence-electron chi connectivity index (χ1n) is 4.91. The summed E-state index contributed by atoms with van der Waals surface area (Å²) in [5.41, 5.74) is 6.23. The molecule has 0 aliphatic heterocycles. The third kappa shape index (κ3) is 2.71. The predicted octanol–water partition coefficient (Wildman–Crippen LogP) is 2.70. The van der Waals surface area contributed by atoms with Crippen LogP contribution in [0.1, 0.15) is 11.8 Å². The predicted molar refractivity (Wildman–Crippen MR) is 69.2 cm³/mol. The third-order valence-corrected chi connectivity index (χ3v) is 3.63. The molecule has 1 unspecified atom stereocenters. The molecule has 2 aromatic rings. The van der Waals surface area contributed by atoms with Gasteiger partial charge < -0.3 is 10.8 Å². The van der Waals surface area contributed by atoms with Crippen molar-refractivity contribution in [3.05, 3.63) is 39.6 Å². The second-order valence-corrected chi connectivity index (χ2v) is 5.23. The Morgan fingerprint density at radius 2 is 2.29 bits per heavy atom. The van der Waals surface area contributed by atoms with Gasteiger partial charge in [-0.05, 0) is 18.2 Å². The van der Waals surface area contributed by atoms with E-state index in [0.717, 1.165) is 4.47 Å². The van der Waals surface area contributed by atoms with Gasteiger partial charge in [0.1, 0.15) is 16.9 Å². The van der Waals surface area contributed by atoms with E-state index in [1.807, 2.05) is 0 Å². The third-order valence-electron chi connectivity index (χ3n) is 2.25. The highest BCUT2D eigenvalue weighted by molar-refractivity contribution is 9.10. The van der Waals surface area contributed by atoms with E-state index < -0.39 is 6.10 Å². The second kappa shape index (κ2) is 5.22. The van der Waals surface area contributed by atoms with Crippen LogP contribution in [0.5, 0.6) is 0 Å². The molecule has 3 nitrogen and oxygen atoms in total. The molecule has 0 bridgehead atoms. The number of aliphatic hydroxyl groups is 1. The number of aromatic nitrogens is 1. The Bertz CT molecular complexity index is 532. The largest absolute Gasteiger partial charge is 0.385 e.